The molecule has 0 aliphatic carbocycles. The van der Waals surface area contributed by atoms with E-state index in [0.717, 1.165) is 16.0 Å². The molecule has 0 spiro atoms. The number of amides is 2. The molecule has 1 N–H and O–H groups in total. The van der Waals surface area contributed by atoms with Crippen LogP contribution in [0.25, 0.3) is 0 Å². The summed E-state index contributed by atoms with van der Waals surface area (Å²) in [6.45, 7) is 2.15. The summed E-state index contributed by atoms with van der Waals surface area (Å²) in [6.07, 6.45) is 2.43. The molecule has 32 heavy (non-hydrogen) atoms. The Balaban J connectivity index is 1.70. The number of carbonyl (C=O) groups excluding carboxylic acids is 2. The van der Waals surface area contributed by atoms with Crippen LogP contribution in [0.5, 0.6) is 5.75 Å². The molecule has 1 aliphatic heterocycles. The minimum absolute atomic E-state index is 0.168. The first-order valence-electron chi connectivity index (χ1n) is 10.4. The van der Waals surface area contributed by atoms with E-state index in [4.69, 9.17) is 4.74 Å². The fourth-order valence-corrected chi connectivity index (χ4v) is 4.62. The van der Waals surface area contributed by atoms with Crippen molar-refractivity contribution in [3.05, 3.63) is 89.5 Å². The summed E-state index contributed by atoms with van der Waals surface area (Å²) >= 11 is 1.63. The third-order valence-electron chi connectivity index (χ3n) is 5.93. The van der Waals surface area contributed by atoms with Gasteiger partial charge in [-0.1, -0.05) is 36.4 Å². The van der Waals surface area contributed by atoms with Crippen LogP contribution in [0.1, 0.15) is 28.4 Å². The third-order valence-corrected chi connectivity index (χ3v) is 6.67. The summed E-state index contributed by atoms with van der Waals surface area (Å²) in [7, 11) is 1.61. The van der Waals surface area contributed by atoms with Gasteiger partial charge in [-0.05, 0) is 55.1 Å². The average molecular weight is 447 g/mol. The van der Waals surface area contributed by atoms with Gasteiger partial charge in [0.05, 0.1) is 7.11 Å². The number of fused-ring (bicyclic) bond motifs is 1. The van der Waals surface area contributed by atoms with E-state index in [0.29, 0.717) is 30.0 Å². The minimum Gasteiger partial charge on any atom is -0.496 e. The van der Waals surface area contributed by atoms with Gasteiger partial charge in [-0.3, -0.25) is 14.5 Å². The van der Waals surface area contributed by atoms with Crippen molar-refractivity contribution in [1.82, 2.24) is 5.32 Å². The largest absolute Gasteiger partial charge is 0.496 e. The maximum atomic E-state index is 13.6. The van der Waals surface area contributed by atoms with Gasteiger partial charge in [0.25, 0.3) is 5.91 Å². The summed E-state index contributed by atoms with van der Waals surface area (Å²) < 4.78 is 5.41. The molecule has 1 heterocycles. The predicted molar refractivity (Wildman–Crippen MR) is 128 cm³/mol. The lowest BCUT2D eigenvalue weighted by Gasteiger charge is -2.44. The van der Waals surface area contributed by atoms with Crippen molar-refractivity contribution in [1.29, 1.82) is 0 Å². The SMILES string of the molecule is COc1ccccc1CNC(=O)C1(C)Cc2ccccc2C(=O)N1c1ccc(SC)cc1. The van der Waals surface area contributed by atoms with Gasteiger partial charge in [-0.25, -0.2) is 0 Å². The number of nitrogens with zero attached hydrogens (tertiary/aromatic N) is 1. The van der Waals surface area contributed by atoms with Gasteiger partial charge in [0.2, 0.25) is 5.91 Å². The van der Waals surface area contributed by atoms with Gasteiger partial charge < -0.3 is 10.1 Å². The Bertz CT molecular complexity index is 1150. The number of carbonyl (C=O) groups is 2. The molecule has 2 amide bonds. The lowest BCUT2D eigenvalue weighted by Crippen LogP contribution is -2.63. The van der Waals surface area contributed by atoms with Crippen molar-refractivity contribution in [3.8, 4) is 5.75 Å². The molecule has 0 bridgehead atoms. The van der Waals surface area contributed by atoms with E-state index in [1.165, 1.54) is 0 Å². The van der Waals surface area contributed by atoms with E-state index in [2.05, 4.69) is 5.32 Å². The molecule has 1 unspecified atom stereocenters. The van der Waals surface area contributed by atoms with Crippen LogP contribution >= 0.6 is 11.8 Å². The quantitative estimate of drug-likeness (QED) is 0.558. The standard InChI is InChI=1S/C26H26N2O3S/c1-26(25(30)27-17-19-9-5-7-11-23(19)31-2)16-18-8-4-6-10-22(18)24(29)28(26)20-12-14-21(32-3)15-13-20/h4-15H,16-17H2,1-3H3,(H,27,30). The molecule has 0 saturated heterocycles. The van der Waals surface area contributed by atoms with E-state index in [1.54, 1.807) is 23.8 Å². The van der Waals surface area contributed by atoms with Crippen LogP contribution in [0.15, 0.2) is 77.7 Å². The van der Waals surface area contributed by atoms with Crippen LogP contribution in [0.4, 0.5) is 5.69 Å². The van der Waals surface area contributed by atoms with Crippen LogP contribution in [-0.4, -0.2) is 30.7 Å². The van der Waals surface area contributed by atoms with Gasteiger partial charge in [-0.2, -0.15) is 0 Å². The first kappa shape index (κ1) is 22.0. The molecular weight excluding hydrogens is 420 g/mol. The Hall–Kier alpha value is -3.25. The highest BCUT2D eigenvalue weighted by atomic mass is 32.2. The lowest BCUT2D eigenvalue weighted by atomic mass is 9.82. The second-order valence-electron chi connectivity index (χ2n) is 7.94. The Morgan fingerprint density at radius 2 is 1.75 bits per heavy atom. The summed E-state index contributed by atoms with van der Waals surface area (Å²) in [5.41, 5.74) is 2.03. The molecule has 1 atom stereocenters. The predicted octanol–water partition coefficient (Wildman–Crippen LogP) is 4.70. The summed E-state index contributed by atoms with van der Waals surface area (Å²) in [6, 6.07) is 22.9. The molecule has 3 aromatic rings. The van der Waals surface area contributed by atoms with E-state index in [-0.39, 0.29) is 11.8 Å². The molecule has 6 heteroatoms. The molecule has 0 fully saturated rings. The van der Waals surface area contributed by atoms with E-state index >= 15 is 0 Å². The highest BCUT2D eigenvalue weighted by Crippen LogP contribution is 2.36. The second-order valence-corrected chi connectivity index (χ2v) is 8.82. The van der Waals surface area contributed by atoms with E-state index < -0.39 is 5.54 Å². The molecule has 164 valence electrons. The maximum Gasteiger partial charge on any atom is 0.259 e. The van der Waals surface area contributed by atoms with E-state index in [9.17, 15) is 9.59 Å². The lowest BCUT2D eigenvalue weighted by molar-refractivity contribution is -0.126. The summed E-state index contributed by atoms with van der Waals surface area (Å²) in [4.78, 5) is 29.9. The smallest absolute Gasteiger partial charge is 0.259 e. The first-order valence-corrected chi connectivity index (χ1v) is 11.7. The van der Waals surface area contributed by atoms with E-state index in [1.807, 2.05) is 86.0 Å². The normalized spacial score (nSPS) is 17.6. The number of hydrogen-bond donors (Lipinski definition) is 1. The Kier molecular flexibility index (Phi) is 6.24. The zero-order valence-electron chi connectivity index (χ0n) is 18.4. The zero-order valence-corrected chi connectivity index (χ0v) is 19.2. The van der Waals surface area contributed by atoms with Crippen molar-refractivity contribution < 1.29 is 14.3 Å². The van der Waals surface area contributed by atoms with Gasteiger partial charge in [0.1, 0.15) is 11.3 Å². The number of nitrogens with one attached hydrogen (secondary N) is 1. The van der Waals surface area contributed by atoms with Crippen molar-refractivity contribution in [2.75, 3.05) is 18.3 Å². The molecule has 1 aliphatic rings. The highest BCUT2D eigenvalue weighted by Gasteiger charge is 2.47. The Morgan fingerprint density at radius 1 is 1.06 bits per heavy atom. The molecule has 0 aromatic heterocycles. The van der Waals surface area contributed by atoms with Crippen LogP contribution in [0, 0.1) is 0 Å². The average Bonchev–Trinajstić information content (AvgIpc) is 2.83. The van der Waals surface area contributed by atoms with Gasteiger partial charge in [-0.15, -0.1) is 11.8 Å². The molecule has 5 nitrogen and oxygen atoms in total. The monoisotopic (exact) mass is 446 g/mol. The Labute approximate surface area is 192 Å². The second kappa shape index (κ2) is 9.09. The number of rotatable bonds is 6. The van der Waals surface area contributed by atoms with Gasteiger partial charge in [0.15, 0.2) is 0 Å². The van der Waals surface area contributed by atoms with Gasteiger partial charge >= 0.3 is 0 Å². The highest BCUT2D eigenvalue weighted by molar-refractivity contribution is 7.98. The number of anilines is 1. The molecular formula is C26H26N2O3S. The van der Waals surface area contributed by atoms with Gasteiger partial charge in [0, 0.05) is 34.7 Å². The summed E-state index contributed by atoms with van der Waals surface area (Å²) in [5, 5.41) is 3.04. The number of methoxy groups -OCH3 is 1. The zero-order chi connectivity index (χ0) is 22.7. The molecule has 4 rings (SSSR count). The number of benzene rings is 3. The van der Waals surface area contributed by atoms with Crippen LogP contribution in [0.2, 0.25) is 0 Å². The van der Waals surface area contributed by atoms with Crippen molar-refractivity contribution in [3.63, 3.8) is 0 Å². The summed E-state index contributed by atoms with van der Waals surface area (Å²) in [5.74, 6) is 0.339. The fraction of sp³-hybridized carbons (Fsp3) is 0.231. The van der Waals surface area contributed by atoms with Crippen LogP contribution < -0.4 is 15.0 Å². The molecule has 0 saturated carbocycles. The number of ether oxygens (including phenoxy) is 1. The molecule has 0 radical (unpaired) electrons. The maximum absolute atomic E-state index is 13.6. The third kappa shape index (κ3) is 3.98. The Morgan fingerprint density at radius 3 is 2.47 bits per heavy atom. The van der Waals surface area contributed by atoms with Crippen LogP contribution in [0.3, 0.4) is 0 Å². The minimum atomic E-state index is -1.08. The van der Waals surface area contributed by atoms with Crippen molar-refractivity contribution >= 4 is 29.3 Å². The molecule has 3 aromatic carbocycles. The van der Waals surface area contributed by atoms with Crippen molar-refractivity contribution in [2.24, 2.45) is 0 Å². The fourth-order valence-electron chi connectivity index (χ4n) is 4.21. The van der Waals surface area contributed by atoms with Crippen molar-refractivity contribution in [2.45, 2.75) is 30.3 Å². The number of para-hydroxylation sites is 1. The number of hydrogen-bond acceptors (Lipinski definition) is 4. The first-order chi connectivity index (χ1) is 15.5. The van der Waals surface area contributed by atoms with Crippen LogP contribution in [-0.2, 0) is 17.8 Å². The number of thioether (sulfide) groups is 1. The topological polar surface area (TPSA) is 58.6 Å².